The standard InChI is InChI=1S/C26H26Cl2N6O2/c1-15-22(16(2)36-33-15)24-23(28)26(34-13-17-6-4-10-30-21(17)14-34)32-25(31-24)19-12-18(7-8-20(19)27)35-11-5-9-29-3/h4,6-8,10,12,29H,5,9,11,13-14H2,1-3H3. The third-order valence-electron chi connectivity index (χ3n) is 6.11. The van der Waals surface area contributed by atoms with Gasteiger partial charge >= 0.3 is 0 Å². The van der Waals surface area contributed by atoms with Crippen LogP contribution in [-0.2, 0) is 13.1 Å². The summed E-state index contributed by atoms with van der Waals surface area (Å²) in [5, 5.41) is 8.17. The van der Waals surface area contributed by atoms with Crippen molar-refractivity contribution >= 4 is 29.0 Å². The number of aryl methyl sites for hydroxylation is 2. The number of hydrogen-bond donors (Lipinski definition) is 1. The smallest absolute Gasteiger partial charge is 0.163 e. The van der Waals surface area contributed by atoms with Crippen LogP contribution in [0.3, 0.4) is 0 Å². The van der Waals surface area contributed by atoms with E-state index in [1.165, 1.54) is 0 Å². The van der Waals surface area contributed by atoms with Crippen LogP contribution < -0.4 is 15.0 Å². The van der Waals surface area contributed by atoms with Crippen molar-refractivity contribution < 1.29 is 9.26 Å². The molecule has 0 aliphatic carbocycles. The van der Waals surface area contributed by atoms with E-state index in [2.05, 4.69) is 26.4 Å². The van der Waals surface area contributed by atoms with Gasteiger partial charge < -0.3 is 19.5 Å². The van der Waals surface area contributed by atoms with E-state index in [1.54, 1.807) is 12.3 Å². The summed E-state index contributed by atoms with van der Waals surface area (Å²) in [5.74, 6) is 2.37. The monoisotopic (exact) mass is 524 g/mol. The minimum absolute atomic E-state index is 0.427. The lowest BCUT2D eigenvalue weighted by Gasteiger charge is -2.20. The minimum atomic E-state index is 0.427. The van der Waals surface area contributed by atoms with E-state index < -0.39 is 0 Å². The molecule has 0 atom stereocenters. The van der Waals surface area contributed by atoms with Gasteiger partial charge in [-0.2, -0.15) is 0 Å². The number of nitrogens with zero attached hydrogens (tertiary/aromatic N) is 5. The largest absolute Gasteiger partial charge is 0.494 e. The van der Waals surface area contributed by atoms with Gasteiger partial charge in [-0.3, -0.25) is 4.98 Å². The van der Waals surface area contributed by atoms with Crippen LogP contribution in [0.25, 0.3) is 22.6 Å². The lowest BCUT2D eigenvalue weighted by atomic mass is 10.1. The first-order valence-corrected chi connectivity index (χ1v) is 12.5. The van der Waals surface area contributed by atoms with Crippen LogP contribution in [0.5, 0.6) is 5.75 Å². The highest BCUT2D eigenvalue weighted by molar-refractivity contribution is 6.36. The molecular weight excluding hydrogens is 499 g/mol. The number of aromatic nitrogens is 4. The molecule has 8 nitrogen and oxygen atoms in total. The molecule has 1 N–H and O–H groups in total. The summed E-state index contributed by atoms with van der Waals surface area (Å²) in [7, 11) is 1.92. The van der Waals surface area contributed by atoms with Crippen LogP contribution in [0.2, 0.25) is 10.0 Å². The van der Waals surface area contributed by atoms with Crippen molar-refractivity contribution in [2.45, 2.75) is 33.4 Å². The van der Waals surface area contributed by atoms with E-state index in [-0.39, 0.29) is 0 Å². The molecule has 3 aromatic heterocycles. The molecular formula is C26H26Cl2N6O2. The van der Waals surface area contributed by atoms with Crippen LogP contribution in [0.4, 0.5) is 5.82 Å². The van der Waals surface area contributed by atoms with Crippen molar-refractivity contribution in [1.29, 1.82) is 0 Å². The lowest BCUT2D eigenvalue weighted by Crippen LogP contribution is -2.18. The predicted molar refractivity (Wildman–Crippen MR) is 141 cm³/mol. The molecule has 0 unspecified atom stereocenters. The number of anilines is 1. The molecule has 4 aromatic rings. The molecule has 0 radical (unpaired) electrons. The summed E-state index contributed by atoms with van der Waals surface area (Å²) >= 11 is 13.6. The molecule has 1 aromatic carbocycles. The van der Waals surface area contributed by atoms with Crippen LogP contribution in [0, 0.1) is 13.8 Å². The SMILES string of the molecule is CNCCCOc1ccc(Cl)c(-c2nc(-c3c(C)noc3C)c(Cl)c(N3Cc4cccnc4C3)n2)c1. The summed E-state index contributed by atoms with van der Waals surface area (Å²) in [6, 6.07) is 9.52. The van der Waals surface area contributed by atoms with Crippen LogP contribution >= 0.6 is 23.2 Å². The molecule has 186 valence electrons. The van der Waals surface area contributed by atoms with Gasteiger partial charge in [-0.05, 0) is 63.7 Å². The Bertz CT molecular complexity index is 1360. The average molecular weight is 525 g/mol. The summed E-state index contributed by atoms with van der Waals surface area (Å²) in [4.78, 5) is 16.4. The van der Waals surface area contributed by atoms with Crippen molar-refractivity contribution in [2.24, 2.45) is 0 Å². The third-order valence-corrected chi connectivity index (χ3v) is 6.79. The van der Waals surface area contributed by atoms with Crippen molar-refractivity contribution in [3.8, 4) is 28.4 Å². The Hall–Kier alpha value is -3.20. The first-order chi connectivity index (χ1) is 17.5. The van der Waals surface area contributed by atoms with Crippen molar-refractivity contribution in [3.63, 3.8) is 0 Å². The summed E-state index contributed by atoms with van der Waals surface area (Å²) < 4.78 is 11.4. The van der Waals surface area contributed by atoms with Crippen molar-refractivity contribution in [3.05, 3.63) is 69.3 Å². The van der Waals surface area contributed by atoms with Gasteiger partial charge in [-0.1, -0.05) is 34.4 Å². The zero-order valence-electron chi connectivity index (χ0n) is 20.3. The van der Waals surface area contributed by atoms with Crippen LogP contribution in [0.15, 0.2) is 41.1 Å². The second kappa shape index (κ2) is 10.4. The molecule has 0 fully saturated rings. The summed E-state index contributed by atoms with van der Waals surface area (Å²) in [6.07, 6.45) is 2.68. The molecule has 10 heteroatoms. The second-order valence-corrected chi connectivity index (χ2v) is 9.43. The molecule has 0 amide bonds. The maximum atomic E-state index is 6.98. The number of pyridine rings is 1. The number of ether oxygens (including phenoxy) is 1. The van der Waals surface area contributed by atoms with Gasteiger partial charge in [0.2, 0.25) is 0 Å². The quantitative estimate of drug-likeness (QED) is 0.297. The Balaban J connectivity index is 1.61. The van der Waals surface area contributed by atoms with Gasteiger partial charge in [0.1, 0.15) is 22.2 Å². The van der Waals surface area contributed by atoms with Crippen LogP contribution in [0.1, 0.15) is 29.1 Å². The van der Waals surface area contributed by atoms with E-state index in [1.807, 2.05) is 39.1 Å². The molecule has 4 heterocycles. The van der Waals surface area contributed by atoms with E-state index in [0.717, 1.165) is 29.8 Å². The fourth-order valence-corrected chi connectivity index (χ4v) is 4.81. The Labute approximate surface area is 219 Å². The highest BCUT2D eigenvalue weighted by Crippen LogP contribution is 2.41. The van der Waals surface area contributed by atoms with Gasteiger partial charge in [0, 0.05) is 18.3 Å². The van der Waals surface area contributed by atoms with Gasteiger partial charge in [0.05, 0.1) is 35.1 Å². The first-order valence-electron chi connectivity index (χ1n) is 11.7. The van der Waals surface area contributed by atoms with E-state index in [4.69, 9.17) is 42.4 Å². The second-order valence-electron chi connectivity index (χ2n) is 8.65. The molecule has 0 spiro atoms. The predicted octanol–water partition coefficient (Wildman–Crippen LogP) is 5.63. The molecule has 0 saturated heterocycles. The lowest BCUT2D eigenvalue weighted by molar-refractivity contribution is 0.310. The number of nitrogens with one attached hydrogen (secondary N) is 1. The molecule has 36 heavy (non-hydrogen) atoms. The molecule has 0 bridgehead atoms. The number of hydrogen-bond acceptors (Lipinski definition) is 8. The van der Waals surface area contributed by atoms with E-state index in [0.29, 0.717) is 69.8 Å². The van der Waals surface area contributed by atoms with Gasteiger partial charge in [-0.25, -0.2) is 9.97 Å². The fourth-order valence-electron chi connectivity index (χ4n) is 4.31. The Morgan fingerprint density at radius 2 is 2.00 bits per heavy atom. The van der Waals surface area contributed by atoms with Gasteiger partial charge in [-0.15, -0.1) is 0 Å². The van der Waals surface area contributed by atoms with E-state index in [9.17, 15) is 0 Å². The normalized spacial score (nSPS) is 12.8. The average Bonchev–Trinajstić information content (AvgIpc) is 3.46. The number of benzene rings is 1. The maximum Gasteiger partial charge on any atom is 0.163 e. The Morgan fingerprint density at radius 3 is 2.75 bits per heavy atom. The van der Waals surface area contributed by atoms with Crippen molar-refractivity contribution in [1.82, 2.24) is 25.4 Å². The number of fused-ring (bicyclic) bond motifs is 1. The first kappa shape index (κ1) is 24.5. The third kappa shape index (κ3) is 4.76. The zero-order chi connectivity index (χ0) is 25.2. The molecule has 1 aliphatic rings. The van der Waals surface area contributed by atoms with Gasteiger partial charge in [0.15, 0.2) is 11.6 Å². The van der Waals surface area contributed by atoms with Crippen molar-refractivity contribution in [2.75, 3.05) is 25.1 Å². The molecule has 1 aliphatic heterocycles. The highest BCUT2D eigenvalue weighted by Gasteiger charge is 2.28. The zero-order valence-corrected chi connectivity index (χ0v) is 21.8. The Morgan fingerprint density at radius 1 is 1.14 bits per heavy atom. The Kier molecular flexibility index (Phi) is 7.09. The van der Waals surface area contributed by atoms with E-state index >= 15 is 0 Å². The maximum absolute atomic E-state index is 6.98. The van der Waals surface area contributed by atoms with Crippen LogP contribution in [-0.4, -0.2) is 40.3 Å². The topological polar surface area (TPSA) is 89.2 Å². The fraction of sp³-hybridized carbons (Fsp3) is 0.308. The minimum Gasteiger partial charge on any atom is -0.494 e. The molecule has 5 rings (SSSR count). The summed E-state index contributed by atoms with van der Waals surface area (Å²) in [5.41, 5.74) is 4.79. The highest BCUT2D eigenvalue weighted by atomic mass is 35.5. The summed E-state index contributed by atoms with van der Waals surface area (Å²) in [6.45, 7) is 6.40. The molecule has 0 saturated carbocycles. The van der Waals surface area contributed by atoms with Gasteiger partial charge in [0.25, 0.3) is 0 Å². The number of rotatable bonds is 8. The number of halogens is 2.